The number of carbonyl (C=O) groups is 2. The SMILES string of the molecule is COCCOc1cc(F)c2c(Nc3ccc(NC(=O)CC(=O)NC[C@H]4CCCO4)cc3)ncnc2c1. The Hall–Kier alpha value is -3.83. The summed E-state index contributed by atoms with van der Waals surface area (Å²) in [5.41, 5.74) is 1.54. The molecule has 1 saturated heterocycles. The van der Waals surface area contributed by atoms with Gasteiger partial charge in [0.1, 0.15) is 36.7 Å². The summed E-state index contributed by atoms with van der Waals surface area (Å²) in [4.78, 5) is 32.5. The highest BCUT2D eigenvalue weighted by molar-refractivity contribution is 6.03. The molecule has 190 valence electrons. The van der Waals surface area contributed by atoms with Gasteiger partial charge in [-0.05, 0) is 37.1 Å². The van der Waals surface area contributed by atoms with Crippen molar-refractivity contribution < 1.29 is 28.2 Å². The molecule has 0 aliphatic carbocycles. The van der Waals surface area contributed by atoms with Crippen molar-refractivity contribution >= 4 is 39.9 Å². The topological polar surface area (TPSA) is 124 Å². The minimum atomic E-state index is -0.523. The Morgan fingerprint density at radius 1 is 1.11 bits per heavy atom. The molecule has 11 heteroatoms. The molecule has 1 aromatic heterocycles. The van der Waals surface area contributed by atoms with E-state index in [0.717, 1.165) is 12.8 Å². The van der Waals surface area contributed by atoms with Crippen LogP contribution in [0.3, 0.4) is 0 Å². The third-order valence-electron chi connectivity index (χ3n) is 5.52. The van der Waals surface area contributed by atoms with E-state index in [-0.39, 0.29) is 23.8 Å². The van der Waals surface area contributed by atoms with E-state index in [9.17, 15) is 14.0 Å². The summed E-state index contributed by atoms with van der Waals surface area (Å²) in [7, 11) is 1.56. The van der Waals surface area contributed by atoms with Gasteiger partial charge in [0.2, 0.25) is 11.8 Å². The molecule has 1 aliphatic rings. The van der Waals surface area contributed by atoms with E-state index < -0.39 is 11.7 Å². The number of nitrogens with one attached hydrogen (secondary N) is 3. The number of ether oxygens (including phenoxy) is 3. The van der Waals surface area contributed by atoms with E-state index in [1.807, 2.05) is 0 Å². The van der Waals surface area contributed by atoms with Crippen molar-refractivity contribution in [2.75, 3.05) is 44.1 Å². The minimum Gasteiger partial charge on any atom is -0.491 e. The van der Waals surface area contributed by atoms with Crippen LogP contribution in [0, 0.1) is 5.82 Å². The number of nitrogens with zero attached hydrogens (tertiary/aromatic N) is 2. The lowest BCUT2D eigenvalue weighted by Gasteiger charge is -2.12. The molecular weight excluding hydrogens is 469 g/mol. The summed E-state index contributed by atoms with van der Waals surface area (Å²) in [6, 6.07) is 9.68. The number of fused-ring (bicyclic) bond motifs is 1. The summed E-state index contributed by atoms with van der Waals surface area (Å²) in [5.74, 6) is -0.660. The van der Waals surface area contributed by atoms with Crippen molar-refractivity contribution in [1.82, 2.24) is 15.3 Å². The largest absolute Gasteiger partial charge is 0.491 e. The summed E-state index contributed by atoms with van der Waals surface area (Å²) in [6.45, 7) is 1.79. The maximum Gasteiger partial charge on any atom is 0.233 e. The van der Waals surface area contributed by atoms with Gasteiger partial charge in [-0.15, -0.1) is 0 Å². The Kier molecular flexibility index (Phi) is 8.58. The Balaban J connectivity index is 1.34. The minimum absolute atomic E-state index is 0.0221. The molecule has 1 atom stereocenters. The Morgan fingerprint density at radius 2 is 1.92 bits per heavy atom. The first kappa shape index (κ1) is 25.3. The number of hydrogen-bond acceptors (Lipinski definition) is 8. The maximum absolute atomic E-state index is 14.9. The molecule has 0 unspecified atom stereocenters. The average molecular weight is 498 g/mol. The molecule has 2 aromatic carbocycles. The molecule has 3 aromatic rings. The van der Waals surface area contributed by atoms with Crippen LogP contribution >= 0.6 is 0 Å². The fourth-order valence-electron chi connectivity index (χ4n) is 3.76. The van der Waals surface area contributed by atoms with Gasteiger partial charge < -0.3 is 30.2 Å². The summed E-state index contributed by atoms with van der Waals surface area (Å²) in [6.07, 6.45) is 2.97. The highest BCUT2D eigenvalue weighted by atomic mass is 19.1. The molecule has 0 spiro atoms. The van der Waals surface area contributed by atoms with Gasteiger partial charge in [-0.2, -0.15) is 0 Å². The molecule has 1 aliphatic heterocycles. The van der Waals surface area contributed by atoms with Crippen LogP contribution in [0.1, 0.15) is 19.3 Å². The van der Waals surface area contributed by atoms with Gasteiger partial charge in [0, 0.05) is 43.8 Å². The fraction of sp³-hybridized carbons (Fsp3) is 0.360. The van der Waals surface area contributed by atoms with Gasteiger partial charge in [-0.3, -0.25) is 9.59 Å². The third-order valence-corrected chi connectivity index (χ3v) is 5.52. The van der Waals surface area contributed by atoms with E-state index in [1.165, 1.54) is 12.4 Å². The van der Waals surface area contributed by atoms with Crippen molar-refractivity contribution in [3.63, 3.8) is 0 Å². The lowest BCUT2D eigenvalue weighted by molar-refractivity contribution is -0.127. The molecule has 36 heavy (non-hydrogen) atoms. The van der Waals surface area contributed by atoms with Gasteiger partial charge >= 0.3 is 0 Å². The van der Waals surface area contributed by atoms with Crippen molar-refractivity contribution in [3.05, 3.63) is 48.5 Å². The van der Waals surface area contributed by atoms with Crippen LogP contribution in [-0.4, -0.2) is 61.4 Å². The van der Waals surface area contributed by atoms with E-state index >= 15 is 0 Å². The lowest BCUT2D eigenvalue weighted by Crippen LogP contribution is -2.34. The van der Waals surface area contributed by atoms with Crippen molar-refractivity contribution in [2.24, 2.45) is 0 Å². The van der Waals surface area contributed by atoms with Crippen LogP contribution in [0.4, 0.5) is 21.6 Å². The first-order chi connectivity index (χ1) is 17.5. The smallest absolute Gasteiger partial charge is 0.233 e. The first-order valence-corrected chi connectivity index (χ1v) is 11.6. The number of anilines is 3. The average Bonchev–Trinajstić information content (AvgIpc) is 3.38. The van der Waals surface area contributed by atoms with Crippen molar-refractivity contribution in [2.45, 2.75) is 25.4 Å². The molecular formula is C25H28FN5O5. The molecule has 10 nitrogen and oxygen atoms in total. The van der Waals surface area contributed by atoms with E-state index in [0.29, 0.717) is 54.8 Å². The predicted molar refractivity (Wildman–Crippen MR) is 132 cm³/mol. The molecule has 2 heterocycles. The number of hydrogen-bond donors (Lipinski definition) is 3. The second-order valence-electron chi connectivity index (χ2n) is 8.23. The lowest BCUT2D eigenvalue weighted by atomic mass is 10.2. The normalized spacial score (nSPS) is 15.0. The van der Waals surface area contributed by atoms with Crippen LogP contribution in [-0.2, 0) is 19.1 Å². The predicted octanol–water partition coefficient (Wildman–Crippen LogP) is 3.16. The zero-order valence-corrected chi connectivity index (χ0v) is 19.9. The van der Waals surface area contributed by atoms with Gasteiger partial charge in [0.25, 0.3) is 0 Å². The summed E-state index contributed by atoms with van der Waals surface area (Å²) < 4.78 is 30.7. The summed E-state index contributed by atoms with van der Waals surface area (Å²) in [5, 5.41) is 8.71. The quantitative estimate of drug-likeness (QED) is 0.273. The van der Waals surface area contributed by atoms with Gasteiger partial charge in [-0.25, -0.2) is 14.4 Å². The van der Waals surface area contributed by atoms with Crippen molar-refractivity contribution in [3.8, 4) is 5.75 Å². The van der Waals surface area contributed by atoms with Crippen LogP contribution in [0.25, 0.3) is 10.9 Å². The highest BCUT2D eigenvalue weighted by Crippen LogP contribution is 2.29. The van der Waals surface area contributed by atoms with Crippen LogP contribution in [0.15, 0.2) is 42.7 Å². The number of benzene rings is 2. The summed E-state index contributed by atoms with van der Waals surface area (Å²) >= 11 is 0. The Labute approximate surface area is 207 Å². The molecule has 2 amide bonds. The van der Waals surface area contributed by atoms with Gasteiger partial charge in [-0.1, -0.05) is 0 Å². The number of methoxy groups -OCH3 is 1. The standard InChI is InChI=1S/C25H28FN5O5/c1-34-9-10-36-19-11-20(26)24-21(12-19)28-15-29-25(24)31-17-6-4-16(5-7-17)30-23(33)13-22(32)27-14-18-3-2-8-35-18/h4-7,11-12,15,18H,2-3,8-10,13-14H2,1H3,(H,27,32)(H,30,33)(H,28,29,31)/t18-/m1/s1. The van der Waals surface area contributed by atoms with Crippen LogP contribution in [0.2, 0.25) is 0 Å². The van der Waals surface area contributed by atoms with Crippen molar-refractivity contribution in [1.29, 1.82) is 0 Å². The Morgan fingerprint density at radius 3 is 2.67 bits per heavy atom. The van der Waals surface area contributed by atoms with Gasteiger partial charge in [0.15, 0.2) is 0 Å². The van der Waals surface area contributed by atoms with Crippen LogP contribution in [0.5, 0.6) is 5.75 Å². The third kappa shape index (κ3) is 6.86. The monoisotopic (exact) mass is 497 g/mol. The highest BCUT2D eigenvalue weighted by Gasteiger charge is 2.17. The fourth-order valence-corrected chi connectivity index (χ4v) is 3.76. The number of carbonyl (C=O) groups excluding carboxylic acids is 2. The second-order valence-corrected chi connectivity index (χ2v) is 8.23. The molecule has 0 radical (unpaired) electrons. The van der Waals surface area contributed by atoms with E-state index in [1.54, 1.807) is 37.4 Å². The molecule has 4 rings (SSSR count). The molecule has 0 bridgehead atoms. The number of halogens is 1. The second kappa shape index (κ2) is 12.2. The van der Waals surface area contributed by atoms with Gasteiger partial charge in [0.05, 0.1) is 23.6 Å². The zero-order chi connectivity index (χ0) is 25.3. The first-order valence-electron chi connectivity index (χ1n) is 11.6. The molecule has 0 saturated carbocycles. The molecule has 3 N–H and O–H groups in total. The van der Waals surface area contributed by atoms with E-state index in [2.05, 4.69) is 25.9 Å². The maximum atomic E-state index is 14.9. The van der Waals surface area contributed by atoms with Crippen LogP contribution < -0.4 is 20.7 Å². The zero-order valence-electron chi connectivity index (χ0n) is 19.9. The van der Waals surface area contributed by atoms with E-state index in [4.69, 9.17) is 14.2 Å². The Bertz CT molecular complexity index is 1200. The number of rotatable bonds is 11. The number of amides is 2. The molecule has 1 fully saturated rings. The number of aromatic nitrogens is 2.